The van der Waals surface area contributed by atoms with Crippen molar-refractivity contribution in [2.75, 3.05) is 20.8 Å². The van der Waals surface area contributed by atoms with Gasteiger partial charge in [-0.1, -0.05) is 12.1 Å². The van der Waals surface area contributed by atoms with Crippen molar-refractivity contribution < 1.29 is 23.8 Å². The lowest BCUT2D eigenvalue weighted by molar-refractivity contribution is 0.0523. The Balaban J connectivity index is 2.59. The number of hydrogen-bond acceptors (Lipinski definition) is 6. The second-order valence-electron chi connectivity index (χ2n) is 5.93. The van der Waals surface area contributed by atoms with Gasteiger partial charge in [0, 0.05) is 17.0 Å². The average molecular weight is 382 g/mol. The van der Waals surface area contributed by atoms with Crippen LogP contribution in [0.2, 0.25) is 0 Å². The quantitative estimate of drug-likeness (QED) is 0.340. The zero-order valence-electron chi connectivity index (χ0n) is 16.5. The SMILES string of the molecule is CCOC(=O)c1c(C)[nH]c(C)c1C(=O)/C(C#N)=C/c1cccc(OC)c1OC. The van der Waals surface area contributed by atoms with Gasteiger partial charge in [0.2, 0.25) is 5.78 Å². The number of aromatic nitrogens is 1. The molecule has 7 nitrogen and oxygen atoms in total. The Bertz CT molecular complexity index is 979. The number of H-pyrrole nitrogens is 1. The summed E-state index contributed by atoms with van der Waals surface area (Å²) in [4.78, 5) is 28.4. The minimum Gasteiger partial charge on any atom is -0.493 e. The van der Waals surface area contributed by atoms with Crippen LogP contribution in [0.25, 0.3) is 6.08 Å². The number of esters is 1. The molecule has 0 saturated heterocycles. The second kappa shape index (κ2) is 8.91. The first kappa shape index (κ1) is 20.8. The van der Waals surface area contributed by atoms with E-state index in [1.54, 1.807) is 39.0 Å². The highest BCUT2D eigenvalue weighted by Gasteiger charge is 2.27. The molecule has 1 N–H and O–H groups in total. The third-order valence-corrected chi connectivity index (χ3v) is 4.18. The number of nitrogens with zero attached hydrogens (tertiary/aromatic N) is 1. The van der Waals surface area contributed by atoms with Crippen molar-refractivity contribution in [1.29, 1.82) is 5.26 Å². The molecule has 146 valence electrons. The molecule has 0 aliphatic carbocycles. The van der Waals surface area contributed by atoms with Gasteiger partial charge >= 0.3 is 5.97 Å². The number of carbonyl (C=O) groups excluding carboxylic acids is 2. The van der Waals surface area contributed by atoms with E-state index in [9.17, 15) is 14.9 Å². The Morgan fingerprint density at radius 2 is 1.82 bits per heavy atom. The predicted molar refractivity (Wildman–Crippen MR) is 104 cm³/mol. The zero-order chi connectivity index (χ0) is 20.8. The summed E-state index contributed by atoms with van der Waals surface area (Å²) in [5, 5.41) is 9.60. The van der Waals surface area contributed by atoms with Gasteiger partial charge in [-0.2, -0.15) is 5.26 Å². The summed E-state index contributed by atoms with van der Waals surface area (Å²) in [5.41, 5.74) is 1.64. The van der Waals surface area contributed by atoms with E-state index in [4.69, 9.17) is 14.2 Å². The molecule has 0 radical (unpaired) electrons. The summed E-state index contributed by atoms with van der Waals surface area (Å²) in [6.07, 6.45) is 1.42. The highest BCUT2D eigenvalue weighted by molar-refractivity contribution is 6.19. The Kier molecular flexibility index (Phi) is 6.61. The maximum Gasteiger partial charge on any atom is 0.340 e. The van der Waals surface area contributed by atoms with Crippen LogP contribution in [0.1, 0.15) is 44.6 Å². The fraction of sp³-hybridized carbons (Fsp3) is 0.286. The fourth-order valence-electron chi connectivity index (χ4n) is 2.99. The van der Waals surface area contributed by atoms with E-state index in [1.165, 1.54) is 20.3 Å². The molecule has 2 aromatic rings. The number of aromatic amines is 1. The maximum atomic E-state index is 13.1. The van der Waals surface area contributed by atoms with Crippen LogP contribution in [0, 0.1) is 25.2 Å². The van der Waals surface area contributed by atoms with E-state index in [1.807, 2.05) is 6.07 Å². The number of allylic oxidation sites excluding steroid dienone is 1. The summed E-state index contributed by atoms with van der Waals surface area (Å²) in [5.74, 6) is -0.304. The average Bonchev–Trinajstić information content (AvgIpc) is 2.99. The predicted octanol–water partition coefficient (Wildman–Crippen LogP) is 3.62. The van der Waals surface area contributed by atoms with E-state index in [0.717, 1.165) is 0 Å². The molecule has 2 rings (SSSR count). The van der Waals surface area contributed by atoms with Crippen molar-refractivity contribution in [2.24, 2.45) is 0 Å². The number of nitrogens with one attached hydrogen (secondary N) is 1. The minimum atomic E-state index is -0.607. The highest BCUT2D eigenvalue weighted by Crippen LogP contribution is 2.33. The number of ether oxygens (including phenoxy) is 3. The molecule has 0 fully saturated rings. The number of ketones is 1. The van der Waals surface area contributed by atoms with Crippen molar-refractivity contribution in [3.05, 3.63) is 51.9 Å². The van der Waals surface area contributed by atoms with E-state index in [2.05, 4.69) is 4.98 Å². The summed E-state index contributed by atoms with van der Waals surface area (Å²) in [7, 11) is 2.97. The van der Waals surface area contributed by atoms with Gasteiger partial charge in [-0.25, -0.2) is 4.79 Å². The van der Waals surface area contributed by atoms with Crippen LogP contribution in [0.3, 0.4) is 0 Å². The van der Waals surface area contributed by atoms with Crippen LogP contribution in [0.5, 0.6) is 11.5 Å². The van der Waals surface area contributed by atoms with Crippen LogP contribution in [0.4, 0.5) is 0 Å². The molecule has 7 heteroatoms. The minimum absolute atomic E-state index is 0.130. The largest absolute Gasteiger partial charge is 0.493 e. The first-order chi connectivity index (χ1) is 13.4. The number of para-hydroxylation sites is 1. The fourth-order valence-corrected chi connectivity index (χ4v) is 2.99. The Hall–Kier alpha value is -3.53. The standard InChI is InChI=1S/C21H22N2O5/c1-6-28-21(25)18-13(3)23-12(2)17(18)19(24)15(11-22)10-14-8-7-9-16(26-4)20(14)27-5/h7-10,23H,6H2,1-5H3/b15-10+. The molecule has 28 heavy (non-hydrogen) atoms. The molecule has 0 aliphatic heterocycles. The van der Waals surface area contributed by atoms with Gasteiger partial charge in [0.1, 0.15) is 11.6 Å². The molecule has 0 aliphatic rings. The zero-order valence-corrected chi connectivity index (χ0v) is 16.5. The number of carbonyl (C=O) groups is 2. The maximum absolute atomic E-state index is 13.1. The van der Waals surface area contributed by atoms with Crippen molar-refractivity contribution >= 4 is 17.8 Å². The van der Waals surface area contributed by atoms with Gasteiger partial charge in [-0.15, -0.1) is 0 Å². The third-order valence-electron chi connectivity index (χ3n) is 4.18. The van der Waals surface area contributed by atoms with Gasteiger partial charge in [0.25, 0.3) is 0 Å². The van der Waals surface area contributed by atoms with Crippen LogP contribution in [0.15, 0.2) is 23.8 Å². The molecule has 0 spiro atoms. The van der Waals surface area contributed by atoms with E-state index in [0.29, 0.717) is 28.5 Å². The first-order valence-corrected chi connectivity index (χ1v) is 8.63. The second-order valence-corrected chi connectivity index (χ2v) is 5.93. The van der Waals surface area contributed by atoms with Gasteiger partial charge < -0.3 is 19.2 Å². The molecule has 0 bridgehead atoms. The topological polar surface area (TPSA) is 101 Å². The number of rotatable bonds is 7. The molecule has 1 aromatic heterocycles. The lowest BCUT2D eigenvalue weighted by atomic mass is 9.97. The summed E-state index contributed by atoms with van der Waals surface area (Å²) >= 11 is 0. The molecule has 0 amide bonds. The monoisotopic (exact) mass is 382 g/mol. The molecule has 0 saturated carbocycles. The van der Waals surface area contributed by atoms with Crippen LogP contribution in [-0.2, 0) is 4.74 Å². The van der Waals surface area contributed by atoms with Crippen molar-refractivity contribution in [3.8, 4) is 17.6 Å². The molecular formula is C21H22N2O5. The molecule has 0 unspecified atom stereocenters. The van der Waals surface area contributed by atoms with E-state index >= 15 is 0 Å². The Morgan fingerprint density at radius 1 is 1.14 bits per heavy atom. The van der Waals surface area contributed by atoms with Gasteiger partial charge in [0.05, 0.1) is 32.0 Å². The normalized spacial score (nSPS) is 10.9. The van der Waals surface area contributed by atoms with Crippen molar-refractivity contribution in [1.82, 2.24) is 4.98 Å². The molecule has 1 heterocycles. The molecule has 0 atom stereocenters. The Labute approximate surface area is 163 Å². The number of hydrogen-bond donors (Lipinski definition) is 1. The van der Waals surface area contributed by atoms with E-state index in [-0.39, 0.29) is 23.3 Å². The van der Waals surface area contributed by atoms with Crippen LogP contribution < -0.4 is 9.47 Å². The molecule has 1 aromatic carbocycles. The van der Waals surface area contributed by atoms with Crippen molar-refractivity contribution in [3.63, 3.8) is 0 Å². The number of Topliss-reactive ketones (excluding diaryl/α,β-unsaturated/α-hetero) is 1. The lowest BCUT2D eigenvalue weighted by Gasteiger charge is -2.10. The third kappa shape index (κ3) is 3.91. The number of benzene rings is 1. The molecular weight excluding hydrogens is 360 g/mol. The number of methoxy groups -OCH3 is 2. The van der Waals surface area contributed by atoms with Gasteiger partial charge in [0.15, 0.2) is 11.5 Å². The van der Waals surface area contributed by atoms with E-state index < -0.39 is 11.8 Å². The number of aryl methyl sites for hydroxylation is 2. The van der Waals surface area contributed by atoms with Crippen molar-refractivity contribution in [2.45, 2.75) is 20.8 Å². The number of nitriles is 1. The van der Waals surface area contributed by atoms with Crippen LogP contribution in [-0.4, -0.2) is 37.6 Å². The van der Waals surface area contributed by atoms with Gasteiger partial charge in [-0.3, -0.25) is 4.79 Å². The van der Waals surface area contributed by atoms with Gasteiger partial charge in [-0.05, 0) is 32.9 Å². The Morgan fingerprint density at radius 3 is 2.39 bits per heavy atom. The highest BCUT2D eigenvalue weighted by atomic mass is 16.5. The summed E-state index contributed by atoms with van der Waals surface area (Å²) < 4.78 is 15.7. The smallest absolute Gasteiger partial charge is 0.340 e. The summed E-state index contributed by atoms with van der Waals surface area (Å²) in [6, 6.07) is 7.06. The lowest BCUT2D eigenvalue weighted by Crippen LogP contribution is -2.13. The first-order valence-electron chi connectivity index (χ1n) is 8.63. The van der Waals surface area contributed by atoms with Crippen LogP contribution >= 0.6 is 0 Å². The summed E-state index contributed by atoms with van der Waals surface area (Å²) in [6.45, 7) is 5.21.